The van der Waals surface area contributed by atoms with Crippen LogP contribution in [0.5, 0.6) is 0 Å². The highest BCUT2D eigenvalue weighted by molar-refractivity contribution is 5.74. The molecule has 0 amide bonds. The number of hydrogen-bond donors (Lipinski definition) is 0. The molecule has 1 aliphatic rings. The van der Waals surface area contributed by atoms with Gasteiger partial charge in [0.1, 0.15) is 0 Å². The minimum Gasteiger partial charge on any atom is -0.465 e. The lowest BCUT2D eigenvalue weighted by Gasteiger charge is -2.15. The third kappa shape index (κ3) is 1.73. The summed E-state index contributed by atoms with van der Waals surface area (Å²) in [5.74, 6) is 0.772. The molecule has 1 aliphatic heterocycles. The maximum atomic E-state index is 11.1. The number of hydrogen-bond acceptors (Lipinski definition) is 2. The van der Waals surface area contributed by atoms with Crippen molar-refractivity contribution in [3.63, 3.8) is 0 Å². The topological polar surface area (TPSA) is 26.3 Å². The molecule has 0 aromatic carbocycles. The number of esters is 1. The van der Waals surface area contributed by atoms with Crippen molar-refractivity contribution < 1.29 is 9.53 Å². The number of ether oxygens (including phenoxy) is 1. The molecule has 1 unspecified atom stereocenters. The summed E-state index contributed by atoms with van der Waals surface area (Å²) >= 11 is 0. The summed E-state index contributed by atoms with van der Waals surface area (Å²) < 4.78 is 4.91. The fourth-order valence-electron chi connectivity index (χ4n) is 1.80. The second kappa shape index (κ2) is 3.74. The van der Waals surface area contributed by atoms with Gasteiger partial charge in [0.2, 0.25) is 0 Å². The van der Waals surface area contributed by atoms with Crippen molar-refractivity contribution in [1.29, 1.82) is 0 Å². The van der Waals surface area contributed by atoms with E-state index in [1.165, 1.54) is 0 Å². The number of cyclic esters (lactones) is 1. The van der Waals surface area contributed by atoms with Crippen LogP contribution in [-0.4, -0.2) is 12.6 Å². The van der Waals surface area contributed by atoms with E-state index in [9.17, 15) is 4.79 Å². The highest BCUT2D eigenvalue weighted by Gasteiger charge is 2.31. The number of carbonyl (C=O) groups is 1. The van der Waals surface area contributed by atoms with Crippen LogP contribution < -0.4 is 0 Å². The molecule has 11 heavy (non-hydrogen) atoms. The molecule has 0 bridgehead atoms. The molecular weight excluding hydrogens is 140 g/mol. The van der Waals surface area contributed by atoms with Crippen molar-refractivity contribution in [2.75, 3.05) is 6.61 Å². The molecule has 1 saturated heterocycles. The number of carbonyl (C=O) groups excluding carboxylic acids is 1. The molecule has 0 aromatic rings. The Morgan fingerprint density at radius 1 is 1.55 bits per heavy atom. The number of rotatable bonds is 3. The lowest BCUT2D eigenvalue weighted by Crippen LogP contribution is -2.18. The van der Waals surface area contributed by atoms with Crippen LogP contribution in [0.25, 0.3) is 0 Å². The molecule has 1 rings (SSSR count). The molecule has 0 aromatic heterocycles. The second-order valence-electron chi connectivity index (χ2n) is 3.14. The van der Waals surface area contributed by atoms with Gasteiger partial charge in [-0.15, -0.1) is 0 Å². The average molecular weight is 156 g/mol. The monoisotopic (exact) mass is 156 g/mol. The van der Waals surface area contributed by atoms with Crippen LogP contribution in [0.3, 0.4) is 0 Å². The van der Waals surface area contributed by atoms with Gasteiger partial charge in [-0.3, -0.25) is 4.79 Å². The van der Waals surface area contributed by atoms with Crippen LogP contribution in [0, 0.1) is 11.8 Å². The fraction of sp³-hybridized carbons (Fsp3) is 0.889. The van der Waals surface area contributed by atoms with E-state index >= 15 is 0 Å². The van der Waals surface area contributed by atoms with Crippen molar-refractivity contribution in [3.05, 3.63) is 0 Å². The first-order valence-corrected chi connectivity index (χ1v) is 4.46. The zero-order valence-electron chi connectivity index (χ0n) is 7.30. The summed E-state index contributed by atoms with van der Waals surface area (Å²) in [4.78, 5) is 11.1. The predicted octanol–water partition coefficient (Wildman–Crippen LogP) is 1.99. The van der Waals surface area contributed by atoms with Crippen molar-refractivity contribution in [2.45, 2.75) is 33.1 Å². The van der Waals surface area contributed by atoms with Crippen molar-refractivity contribution in [2.24, 2.45) is 11.8 Å². The summed E-state index contributed by atoms with van der Waals surface area (Å²) in [5.41, 5.74) is 0. The van der Waals surface area contributed by atoms with Gasteiger partial charge in [-0.1, -0.05) is 26.7 Å². The third-order valence-corrected chi connectivity index (χ3v) is 2.59. The van der Waals surface area contributed by atoms with Crippen molar-refractivity contribution >= 4 is 5.97 Å². The molecule has 64 valence electrons. The van der Waals surface area contributed by atoms with E-state index in [0.29, 0.717) is 12.5 Å². The van der Waals surface area contributed by atoms with Crippen LogP contribution >= 0.6 is 0 Å². The summed E-state index contributed by atoms with van der Waals surface area (Å²) in [7, 11) is 0. The molecule has 1 fully saturated rings. The van der Waals surface area contributed by atoms with E-state index in [2.05, 4.69) is 13.8 Å². The van der Waals surface area contributed by atoms with Gasteiger partial charge in [0.05, 0.1) is 12.5 Å². The Morgan fingerprint density at radius 3 is 2.55 bits per heavy atom. The van der Waals surface area contributed by atoms with E-state index in [4.69, 9.17) is 4.74 Å². The van der Waals surface area contributed by atoms with E-state index in [1.807, 2.05) is 0 Å². The predicted molar refractivity (Wildman–Crippen MR) is 43.1 cm³/mol. The third-order valence-electron chi connectivity index (χ3n) is 2.59. The Bertz CT molecular complexity index is 138. The zero-order valence-corrected chi connectivity index (χ0v) is 7.30. The quantitative estimate of drug-likeness (QED) is 0.584. The highest BCUT2D eigenvalue weighted by atomic mass is 16.5. The molecule has 0 saturated carbocycles. The lowest BCUT2D eigenvalue weighted by atomic mass is 9.87. The van der Waals surface area contributed by atoms with Crippen LogP contribution in [0.1, 0.15) is 33.1 Å². The molecule has 1 atom stereocenters. The standard InChI is InChI=1S/C9H16O2/c1-3-7(4-2)8-5-6-11-9(8)10/h7-8H,3-6H2,1-2H3. The molecule has 0 spiro atoms. The Labute approximate surface area is 67.9 Å². The highest BCUT2D eigenvalue weighted by Crippen LogP contribution is 2.27. The molecular formula is C9H16O2. The summed E-state index contributed by atoms with van der Waals surface area (Å²) in [6.07, 6.45) is 3.12. The maximum Gasteiger partial charge on any atom is 0.309 e. The van der Waals surface area contributed by atoms with Gasteiger partial charge in [0.15, 0.2) is 0 Å². The van der Waals surface area contributed by atoms with Gasteiger partial charge >= 0.3 is 5.97 Å². The van der Waals surface area contributed by atoms with Gasteiger partial charge in [-0.05, 0) is 12.3 Å². The van der Waals surface area contributed by atoms with Gasteiger partial charge in [0, 0.05) is 0 Å². The van der Waals surface area contributed by atoms with E-state index < -0.39 is 0 Å². The zero-order chi connectivity index (χ0) is 8.27. The summed E-state index contributed by atoms with van der Waals surface area (Å²) in [5, 5.41) is 0. The van der Waals surface area contributed by atoms with Crippen molar-refractivity contribution in [1.82, 2.24) is 0 Å². The van der Waals surface area contributed by atoms with Crippen LogP contribution in [-0.2, 0) is 9.53 Å². The SMILES string of the molecule is CCC(CC)C1CCOC1=O. The van der Waals surface area contributed by atoms with Crippen molar-refractivity contribution in [3.8, 4) is 0 Å². The first kappa shape index (κ1) is 8.57. The molecule has 0 N–H and O–H groups in total. The molecule has 0 radical (unpaired) electrons. The summed E-state index contributed by atoms with van der Waals surface area (Å²) in [6.45, 7) is 4.92. The lowest BCUT2D eigenvalue weighted by molar-refractivity contribution is -0.142. The Hall–Kier alpha value is -0.530. The fourth-order valence-corrected chi connectivity index (χ4v) is 1.80. The average Bonchev–Trinajstić information content (AvgIpc) is 2.40. The first-order chi connectivity index (χ1) is 5.29. The van der Waals surface area contributed by atoms with Gasteiger partial charge in [-0.25, -0.2) is 0 Å². The van der Waals surface area contributed by atoms with Crippen LogP contribution in [0.15, 0.2) is 0 Å². The maximum absolute atomic E-state index is 11.1. The normalized spacial score (nSPS) is 24.3. The van der Waals surface area contributed by atoms with Gasteiger partial charge in [0.25, 0.3) is 0 Å². The first-order valence-electron chi connectivity index (χ1n) is 4.46. The second-order valence-corrected chi connectivity index (χ2v) is 3.14. The smallest absolute Gasteiger partial charge is 0.309 e. The molecule has 2 nitrogen and oxygen atoms in total. The Morgan fingerprint density at radius 2 is 2.18 bits per heavy atom. The van der Waals surface area contributed by atoms with E-state index in [1.54, 1.807) is 0 Å². The molecule has 1 heterocycles. The molecule has 2 heteroatoms. The summed E-state index contributed by atoms with van der Waals surface area (Å²) in [6, 6.07) is 0. The Balaban J connectivity index is 2.49. The Kier molecular flexibility index (Phi) is 2.92. The van der Waals surface area contributed by atoms with E-state index in [0.717, 1.165) is 19.3 Å². The van der Waals surface area contributed by atoms with Crippen LogP contribution in [0.2, 0.25) is 0 Å². The molecule has 0 aliphatic carbocycles. The van der Waals surface area contributed by atoms with Gasteiger partial charge < -0.3 is 4.74 Å². The largest absolute Gasteiger partial charge is 0.465 e. The van der Waals surface area contributed by atoms with Gasteiger partial charge in [-0.2, -0.15) is 0 Å². The minimum atomic E-state index is 0.0266. The minimum absolute atomic E-state index is 0.0266. The van der Waals surface area contributed by atoms with Crippen LogP contribution in [0.4, 0.5) is 0 Å². The van der Waals surface area contributed by atoms with E-state index in [-0.39, 0.29) is 11.9 Å².